The molecule has 2 saturated heterocycles. The van der Waals surface area contributed by atoms with Crippen molar-refractivity contribution in [3.63, 3.8) is 0 Å². The van der Waals surface area contributed by atoms with Crippen LogP contribution in [-0.4, -0.2) is 139 Å². The number of hydrogen-bond donors (Lipinski definition) is 2. The number of esters is 4. The summed E-state index contributed by atoms with van der Waals surface area (Å²) in [7, 11) is 0. The molecule has 10 atom stereocenters. The van der Waals surface area contributed by atoms with Crippen LogP contribution in [-0.2, 0) is 60.5 Å². The highest BCUT2D eigenvalue weighted by Crippen LogP contribution is 2.36. The molecule has 0 aliphatic carbocycles. The molecular weight excluding hydrogens is 1020 g/mol. The SMILES string of the molecule is CCCCOCC1O[C@@H](OCCN(Cc2ccccc2)C(=O)OCc2ccccc2)[C@@H](OC(=O)c2ccccc2)C(OC(=O)c2ccccc2)[C@@H]1O[C@@H]1OC(CO)[C@@H](O)C(OC(=O)c2ccccc2)C1OC(=O)c1ccccc1. The lowest BCUT2D eigenvalue weighted by Crippen LogP contribution is -2.67. The van der Waals surface area contributed by atoms with Crippen molar-refractivity contribution < 1.29 is 81.6 Å². The van der Waals surface area contributed by atoms with E-state index < -0.39 is 98.0 Å². The van der Waals surface area contributed by atoms with Gasteiger partial charge in [-0.25, -0.2) is 24.0 Å². The second kappa shape index (κ2) is 29.2. The van der Waals surface area contributed by atoms with Crippen LogP contribution < -0.4 is 0 Å². The summed E-state index contributed by atoms with van der Waals surface area (Å²) in [5.74, 6) is -3.62. The Morgan fingerprint density at radius 2 is 0.937 bits per heavy atom. The number of amides is 1. The van der Waals surface area contributed by atoms with Gasteiger partial charge in [0.1, 0.15) is 31.0 Å². The van der Waals surface area contributed by atoms with Crippen LogP contribution >= 0.6 is 0 Å². The number of carbonyl (C=O) groups excluding carboxylic acids is 5. The van der Waals surface area contributed by atoms with E-state index in [4.69, 9.17) is 47.4 Å². The number of nitrogens with zero attached hydrogens (tertiary/aromatic N) is 1. The minimum Gasteiger partial charge on any atom is -0.452 e. The van der Waals surface area contributed by atoms with Crippen molar-refractivity contribution in [2.75, 3.05) is 33.0 Å². The first-order valence-electron chi connectivity index (χ1n) is 26.1. The molecule has 18 nitrogen and oxygen atoms in total. The molecule has 6 aromatic rings. The first-order valence-corrected chi connectivity index (χ1v) is 26.1. The van der Waals surface area contributed by atoms with E-state index >= 15 is 0 Å². The molecule has 79 heavy (non-hydrogen) atoms. The lowest BCUT2D eigenvalue weighted by Gasteiger charge is -2.48. The number of benzene rings is 6. The van der Waals surface area contributed by atoms with Gasteiger partial charge in [0, 0.05) is 19.7 Å². The first-order chi connectivity index (χ1) is 38.6. The van der Waals surface area contributed by atoms with Gasteiger partial charge in [-0.15, -0.1) is 0 Å². The third-order valence-electron chi connectivity index (χ3n) is 12.9. The van der Waals surface area contributed by atoms with E-state index in [0.29, 0.717) is 6.42 Å². The van der Waals surface area contributed by atoms with Gasteiger partial charge in [-0.2, -0.15) is 0 Å². The van der Waals surface area contributed by atoms with Crippen LogP contribution in [0.1, 0.15) is 72.3 Å². The second-order valence-corrected chi connectivity index (χ2v) is 18.6. The van der Waals surface area contributed by atoms with Gasteiger partial charge in [0.05, 0.1) is 42.1 Å². The van der Waals surface area contributed by atoms with Crippen molar-refractivity contribution >= 4 is 30.0 Å². The summed E-state index contributed by atoms with van der Waals surface area (Å²) >= 11 is 0. The molecule has 5 unspecified atom stereocenters. The van der Waals surface area contributed by atoms with Gasteiger partial charge in [-0.1, -0.05) is 147 Å². The normalized spacial score (nSPS) is 22.6. The van der Waals surface area contributed by atoms with E-state index in [9.17, 15) is 34.2 Å². The molecule has 0 saturated carbocycles. The van der Waals surface area contributed by atoms with Crippen LogP contribution in [0.25, 0.3) is 0 Å². The van der Waals surface area contributed by atoms with Crippen LogP contribution in [0.3, 0.4) is 0 Å². The predicted octanol–water partition coefficient (Wildman–Crippen LogP) is 7.75. The van der Waals surface area contributed by atoms with E-state index in [-0.39, 0.29) is 61.8 Å². The Morgan fingerprint density at radius 1 is 0.506 bits per heavy atom. The van der Waals surface area contributed by atoms with E-state index in [1.165, 1.54) is 53.4 Å². The highest BCUT2D eigenvalue weighted by molar-refractivity contribution is 5.91. The third kappa shape index (κ3) is 15.9. The fraction of sp³-hybridized carbons (Fsp3) is 0.328. The van der Waals surface area contributed by atoms with Crippen molar-refractivity contribution in [2.45, 2.75) is 94.3 Å². The number of hydrogen-bond acceptors (Lipinski definition) is 17. The van der Waals surface area contributed by atoms with E-state index in [1.54, 1.807) is 72.8 Å². The van der Waals surface area contributed by atoms with Crippen molar-refractivity contribution in [3.05, 3.63) is 215 Å². The zero-order chi connectivity index (χ0) is 55.3. The maximum atomic E-state index is 14.5. The molecule has 1 amide bonds. The maximum absolute atomic E-state index is 14.5. The molecule has 6 aromatic carbocycles. The zero-order valence-electron chi connectivity index (χ0n) is 43.4. The molecular formula is C61H63NO17. The third-order valence-corrected chi connectivity index (χ3v) is 12.9. The number of rotatable bonds is 24. The Bertz CT molecular complexity index is 2830. The molecule has 414 valence electrons. The van der Waals surface area contributed by atoms with Crippen molar-refractivity contribution in [1.82, 2.24) is 4.90 Å². The minimum atomic E-state index is -1.86. The topological polar surface area (TPSA) is 221 Å². The van der Waals surface area contributed by atoms with Gasteiger partial charge in [0.25, 0.3) is 0 Å². The van der Waals surface area contributed by atoms with E-state index in [1.807, 2.05) is 67.6 Å². The summed E-state index contributed by atoms with van der Waals surface area (Å²) in [4.78, 5) is 72.0. The number of unbranched alkanes of at least 4 members (excludes halogenated alkanes) is 1. The van der Waals surface area contributed by atoms with Gasteiger partial charge in [0.15, 0.2) is 37.0 Å². The summed E-state index contributed by atoms with van der Waals surface area (Å²) in [5.41, 5.74) is 1.94. The van der Waals surface area contributed by atoms with Crippen LogP contribution in [0.5, 0.6) is 0 Å². The molecule has 2 N–H and O–H groups in total. The van der Waals surface area contributed by atoms with Gasteiger partial charge >= 0.3 is 30.0 Å². The summed E-state index contributed by atoms with van der Waals surface area (Å²) in [6.45, 7) is 0.896. The van der Waals surface area contributed by atoms with Gasteiger partial charge in [-0.3, -0.25) is 0 Å². The molecule has 18 heteroatoms. The van der Waals surface area contributed by atoms with Gasteiger partial charge in [0.2, 0.25) is 0 Å². The highest BCUT2D eigenvalue weighted by Gasteiger charge is 2.57. The number of ether oxygens (including phenoxy) is 10. The molecule has 0 spiro atoms. The summed E-state index contributed by atoms with van der Waals surface area (Å²) in [6.07, 6.45) is -15.9. The monoisotopic (exact) mass is 1080 g/mol. The summed E-state index contributed by atoms with van der Waals surface area (Å²) in [5, 5.41) is 22.5. The number of aliphatic hydroxyl groups is 2. The van der Waals surface area contributed by atoms with E-state index in [0.717, 1.165) is 17.5 Å². The summed E-state index contributed by atoms with van der Waals surface area (Å²) < 4.78 is 63.1. The fourth-order valence-electron chi connectivity index (χ4n) is 8.77. The average Bonchev–Trinajstić information content (AvgIpc) is 3.53. The Morgan fingerprint density at radius 3 is 1.42 bits per heavy atom. The first kappa shape index (κ1) is 57.4. The van der Waals surface area contributed by atoms with Crippen molar-refractivity contribution in [1.29, 1.82) is 0 Å². The standard InChI is InChI=1S/C61H63NO17/c1-2-3-35-70-40-48-50(79-60-53(77-57(67)45-30-18-8-19-31-45)51(49(64)47(38-63)73-60)75-55(65)43-26-14-6-15-27-43)52(76-56(66)44-28-16-7-17-29-44)54(78-58(68)46-32-20-9-21-33-46)59(74-48)71-36-34-62(37-41-22-10-4-11-23-41)61(69)72-39-42-24-12-5-13-25-42/h4-33,47-54,59-60,63-64H,2-3,34-40H2,1H3/t47?,48?,49-,50-,51?,52?,53?,54+,59-,60+/m1/s1. The number of carbonyl (C=O) groups is 5. The minimum absolute atomic E-state index is 0.00410. The van der Waals surface area contributed by atoms with Crippen LogP contribution in [0.15, 0.2) is 182 Å². The van der Waals surface area contributed by atoms with Gasteiger partial charge in [-0.05, 0) is 66.1 Å². The zero-order valence-corrected chi connectivity index (χ0v) is 43.4. The lowest BCUT2D eigenvalue weighted by molar-refractivity contribution is -0.357. The molecule has 2 fully saturated rings. The summed E-state index contributed by atoms with van der Waals surface area (Å²) in [6, 6.07) is 50.2. The Balaban J connectivity index is 1.18. The Kier molecular flexibility index (Phi) is 21.2. The molecule has 0 bridgehead atoms. The number of aliphatic hydroxyl groups excluding tert-OH is 2. The molecule has 2 aliphatic rings. The predicted molar refractivity (Wildman–Crippen MR) is 283 cm³/mol. The van der Waals surface area contributed by atoms with Crippen LogP contribution in [0, 0.1) is 0 Å². The van der Waals surface area contributed by atoms with Crippen molar-refractivity contribution in [2.24, 2.45) is 0 Å². The van der Waals surface area contributed by atoms with Crippen LogP contribution in [0.4, 0.5) is 4.79 Å². The molecule has 2 aliphatic heterocycles. The second-order valence-electron chi connectivity index (χ2n) is 18.6. The Hall–Kier alpha value is -7.81. The maximum Gasteiger partial charge on any atom is 0.410 e. The molecule has 2 heterocycles. The van der Waals surface area contributed by atoms with Crippen molar-refractivity contribution in [3.8, 4) is 0 Å². The van der Waals surface area contributed by atoms with E-state index in [2.05, 4.69) is 0 Å². The lowest BCUT2D eigenvalue weighted by atomic mass is 9.96. The highest BCUT2D eigenvalue weighted by atomic mass is 16.8. The van der Waals surface area contributed by atoms with Gasteiger partial charge < -0.3 is 62.5 Å². The quantitative estimate of drug-likeness (QED) is 0.0336. The largest absolute Gasteiger partial charge is 0.452 e. The molecule has 0 radical (unpaired) electrons. The Labute approximate surface area is 457 Å². The smallest absolute Gasteiger partial charge is 0.410 e. The van der Waals surface area contributed by atoms with Crippen LogP contribution in [0.2, 0.25) is 0 Å². The average molecular weight is 1080 g/mol. The molecule has 8 rings (SSSR count). The fourth-order valence-corrected chi connectivity index (χ4v) is 8.77. The molecule has 0 aromatic heterocycles.